The number of phenolic OH excluding ortho intramolecular Hbond substituents is 1. The summed E-state index contributed by atoms with van der Waals surface area (Å²) in [4.78, 5) is 0. The van der Waals surface area contributed by atoms with Gasteiger partial charge in [-0.1, -0.05) is 20.8 Å². The standard InChI is InChI=1S/C12H14O2/c1-12(2,3)10-7-14-11-5-4-8(13)6-9(10)11/h4-7,13H,1-3H3. The van der Waals surface area contributed by atoms with Crippen LogP contribution in [0.1, 0.15) is 26.3 Å². The largest absolute Gasteiger partial charge is 0.508 e. The molecule has 1 heterocycles. The molecule has 14 heavy (non-hydrogen) atoms. The summed E-state index contributed by atoms with van der Waals surface area (Å²) in [5.41, 5.74) is 2.00. The molecule has 1 aromatic carbocycles. The molecule has 0 amide bonds. The molecule has 0 fully saturated rings. The van der Waals surface area contributed by atoms with Gasteiger partial charge < -0.3 is 9.52 Å². The van der Waals surface area contributed by atoms with Gasteiger partial charge in [0.2, 0.25) is 0 Å². The van der Waals surface area contributed by atoms with Crippen LogP contribution in [-0.4, -0.2) is 5.11 Å². The molecule has 2 rings (SSSR count). The van der Waals surface area contributed by atoms with Crippen molar-refractivity contribution in [2.24, 2.45) is 0 Å². The Morgan fingerprint density at radius 1 is 1.21 bits per heavy atom. The maximum atomic E-state index is 9.40. The highest BCUT2D eigenvalue weighted by molar-refractivity contribution is 5.83. The van der Waals surface area contributed by atoms with Gasteiger partial charge in [-0.3, -0.25) is 0 Å². The van der Waals surface area contributed by atoms with Crippen LogP contribution in [0.4, 0.5) is 0 Å². The Bertz CT molecular complexity index is 461. The number of hydrogen-bond donors (Lipinski definition) is 1. The van der Waals surface area contributed by atoms with Crippen LogP contribution in [0.15, 0.2) is 28.9 Å². The Hall–Kier alpha value is -1.44. The van der Waals surface area contributed by atoms with E-state index in [1.54, 1.807) is 24.5 Å². The van der Waals surface area contributed by atoms with Crippen molar-refractivity contribution >= 4 is 11.0 Å². The predicted octanol–water partition coefficient (Wildman–Crippen LogP) is 3.44. The van der Waals surface area contributed by atoms with E-state index in [0.29, 0.717) is 0 Å². The molecule has 0 atom stereocenters. The van der Waals surface area contributed by atoms with Crippen LogP contribution in [-0.2, 0) is 5.41 Å². The summed E-state index contributed by atoms with van der Waals surface area (Å²) in [7, 11) is 0. The van der Waals surface area contributed by atoms with E-state index in [2.05, 4.69) is 20.8 Å². The molecule has 0 saturated heterocycles. The Morgan fingerprint density at radius 2 is 1.93 bits per heavy atom. The Labute approximate surface area is 83.2 Å². The molecule has 0 radical (unpaired) electrons. The second-order valence-electron chi connectivity index (χ2n) is 4.58. The molecule has 0 aliphatic heterocycles. The van der Waals surface area contributed by atoms with Crippen molar-refractivity contribution in [1.29, 1.82) is 0 Å². The molecule has 0 aliphatic rings. The van der Waals surface area contributed by atoms with Gasteiger partial charge in [0, 0.05) is 10.9 Å². The van der Waals surface area contributed by atoms with Crippen molar-refractivity contribution in [3.63, 3.8) is 0 Å². The van der Waals surface area contributed by atoms with Crippen molar-refractivity contribution in [3.05, 3.63) is 30.0 Å². The maximum Gasteiger partial charge on any atom is 0.134 e. The molecule has 2 aromatic rings. The van der Waals surface area contributed by atoms with E-state index in [9.17, 15) is 5.11 Å². The molecule has 0 saturated carbocycles. The molecule has 74 valence electrons. The fraction of sp³-hybridized carbons (Fsp3) is 0.333. The monoisotopic (exact) mass is 190 g/mol. The number of rotatable bonds is 0. The number of fused-ring (bicyclic) bond motifs is 1. The van der Waals surface area contributed by atoms with Gasteiger partial charge in [-0.05, 0) is 23.6 Å². The molecule has 1 N–H and O–H groups in total. The second-order valence-corrected chi connectivity index (χ2v) is 4.58. The first-order valence-corrected chi connectivity index (χ1v) is 4.69. The summed E-state index contributed by atoms with van der Waals surface area (Å²) < 4.78 is 5.42. The highest BCUT2D eigenvalue weighted by atomic mass is 16.3. The Morgan fingerprint density at radius 3 is 2.57 bits per heavy atom. The van der Waals surface area contributed by atoms with Gasteiger partial charge in [0.15, 0.2) is 0 Å². The van der Waals surface area contributed by atoms with Crippen molar-refractivity contribution < 1.29 is 9.52 Å². The zero-order chi connectivity index (χ0) is 10.3. The fourth-order valence-electron chi connectivity index (χ4n) is 1.60. The SMILES string of the molecule is CC(C)(C)c1coc2ccc(O)cc12. The number of furan rings is 1. The van der Waals surface area contributed by atoms with Crippen molar-refractivity contribution in [1.82, 2.24) is 0 Å². The quantitative estimate of drug-likeness (QED) is 0.690. The van der Waals surface area contributed by atoms with Gasteiger partial charge in [0.25, 0.3) is 0 Å². The lowest BCUT2D eigenvalue weighted by atomic mass is 9.87. The average molecular weight is 190 g/mol. The Balaban J connectivity index is 2.73. The third-order valence-electron chi connectivity index (χ3n) is 2.37. The third-order valence-corrected chi connectivity index (χ3v) is 2.37. The lowest BCUT2D eigenvalue weighted by Crippen LogP contribution is -2.09. The maximum absolute atomic E-state index is 9.40. The third kappa shape index (κ3) is 1.37. The fourth-order valence-corrected chi connectivity index (χ4v) is 1.60. The van der Waals surface area contributed by atoms with Crippen LogP contribution < -0.4 is 0 Å². The van der Waals surface area contributed by atoms with Crippen molar-refractivity contribution in [3.8, 4) is 5.75 Å². The zero-order valence-corrected chi connectivity index (χ0v) is 8.66. The van der Waals surface area contributed by atoms with Crippen LogP contribution in [0.3, 0.4) is 0 Å². The van der Waals surface area contributed by atoms with E-state index < -0.39 is 0 Å². The summed E-state index contributed by atoms with van der Waals surface area (Å²) in [5.74, 6) is 0.282. The van der Waals surface area contributed by atoms with Crippen LogP contribution in [0, 0.1) is 0 Å². The van der Waals surface area contributed by atoms with Crippen molar-refractivity contribution in [2.45, 2.75) is 26.2 Å². The number of aromatic hydroxyl groups is 1. The van der Waals surface area contributed by atoms with Gasteiger partial charge in [0.05, 0.1) is 6.26 Å². The number of benzene rings is 1. The Kier molecular flexibility index (Phi) is 1.81. The highest BCUT2D eigenvalue weighted by Crippen LogP contribution is 2.33. The first-order valence-electron chi connectivity index (χ1n) is 4.69. The van der Waals surface area contributed by atoms with E-state index >= 15 is 0 Å². The van der Waals surface area contributed by atoms with E-state index in [1.165, 1.54) is 0 Å². The van der Waals surface area contributed by atoms with Gasteiger partial charge >= 0.3 is 0 Å². The summed E-state index contributed by atoms with van der Waals surface area (Å²) in [6, 6.07) is 5.18. The first-order chi connectivity index (χ1) is 6.48. The van der Waals surface area contributed by atoms with Gasteiger partial charge in [-0.2, -0.15) is 0 Å². The normalized spacial score (nSPS) is 12.2. The molecule has 0 spiro atoms. The lowest BCUT2D eigenvalue weighted by Gasteiger charge is -2.16. The molecular weight excluding hydrogens is 176 g/mol. The number of phenols is 1. The van der Waals surface area contributed by atoms with Crippen molar-refractivity contribution in [2.75, 3.05) is 0 Å². The highest BCUT2D eigenvalue weighted by Gasteiger charge is 2.19. The zero-order valence-electron chi connectivity index (χ0n) is 8.66. The predicted molar refractivity (Wildman–Crippen MR) is 56.6 cm³/mol. The van der Waals surface area contributed by atoms with E-state index in [4.69, 9.17) is 4.42 Å². The average Bonchev–Trinajstić information content (AvgIpc) is 2.45. The van der Waals surface area contributed by atoms with E-state index in [0.717, 1.165) is 16.5 Å². The topological polar surface area (TPSA) is 33.4 Å². The first kappa shape index (κ1) is 9.13. The molecule has 0 bridgehead atoms. The van der Waals surface area contributed by atoms with Crippen LogP contribution in [0.5, 0.6) is 5.75 Å². The molecular formula is C12H14O2. The molecule has 0 aliphatic carbocycles. The second kappa shape index (κ2) is 2.77. The minimum Gasteiger partial charge on any atom is -0.508 e. The van der Waals surface area contributed by atoms with Crippen LogP contribution in [0.25, 0.3) is 11.0 Å². The summed E-state index contributed by atoms with van der Waals surface area (Å²) in [6.07, 6.45) is 1.77. The van der Waals surface area contributed by atoms with Gasteiger partial charge in [0.1, 0.15) is 11.3 Å². The molecule has 0 unspecified atom stereocenters. The lowest BCUT2D eigenvalue weighted by molar-refractivity contribution is 0.476. The number of hydrogen-bond acceptors (Lipinski definition) is 2. The van der Waals surface area contributed by atoms with E-state index in [-0.39, 0.29) is 11.2 Å². The van der Waals surface area contributed by atoms with Gasteiger partial charge in [-0.25, -0.2) is 0 Å². The van der Waals surface area contributed by atoms with Crippen LogP contribution in [0.2, 0.25) is 0 Å². The summed E-state index contributed by atoms with van der Waals surface area (Å²) in [5, 5.41) is 10.4. The molecule has 2 heteroatoms. The summed E-state index contributed by atoms with van der Waals surface area (Å²) in [6.45, 7) is 6.38. The van der Waals surface area contributed by atoms with Crippen LogP contribution >= 0.6 is 0 Å². The summed E-state index contributed by atoms with van der Waals surface area (Å²) >= 11 is 0. The smallest absolute Gasteiger partial charge is 0.134 e. The minimum atomic E-state index is 0.0407. The van der Waals surface area contributed by atoms with Gasteiger partial charge in [-0.15, -0.1) is 0 Å². The minimum absolute atomic E-state index is 0.0407. The van der Waals surface area contributed by atoms with E-state index in [1.807, 2.05) is 0 Å². The molecule has 1 aromatic heterocycles. The molecule has 2 nitrogen and oxygen atoms in total.